The normalized spacial score (nSPS) is 11.4. The highest BCUT2D eigenvalue weighted by Crippen LogP contribution is 2.17. The highest BCUT2D eigenvalue weighted by Gasteiger charge is 2.15. The Labute approximate surface area is 88.6 Å². The maximum Gasteiger partial charge on any atom is 0.220 e. The lowest BCUT2D eigenvalue weighted by atomic mass is 9.92. The van der Waals surface area contributed by atoms with E-state index in [1.165, 1.54) is 0 Å². The zero-order chi connectivity index (χ0) is 10.6. The summed E-state index contributed by atoms with van der Waals surface area (Å²) < 4.78 is 0. The molecule has 0 aliphatic carbocycles. The van der Waals surface area contributed by atoms with Crippen LogP contribution in [-0.4, -0.2) is 10.9 Å². The smallest absolute Gasteiger partial charge is 0.220 e. The average Bonchev–Trinajstić information content (AvgIpc) is 2.49. The highest BCUT2D eigenvalue weighted by atomic mass is 32.1. The van der Waals surface area contributed by atoms with E-state index in [1.54, 1.807) is 17.5 Å². The predicted octanol–water partition coefficient (Wildman–Crippen LogP) is 2.20. The number of thiazole rings is 1. The maximum absolute atomic E-state index is 11.4. The molecule has 1 N–H and O–H groups in total. The van der Waals surface area contributed by atoms with Crippen molar-refractivity contribution in [1.82, 2.24) is 10.3 Å². The Bertz CT molecular complexity index is 288. The van der Waals surface area contributed by atoms with Gasteiger partial charge < -0.3 is 5.32 Å². The SMILES string of the molecule is CC(C)(C)CC(=O)NCc1nccs1. The molecule has 1 aromatic rings. The van der Waals surface area contributed by atoms with Crippen LogP contribution in [0.25, 0.3) is 0 Å². The summed E-state index contributed by atoms with van der Waals surface area (Å²) in [5.74, 6) is 0.0905. The first-order valence-corrected chi connectivity index (χ1v) is 5.50. The molecule has 3 nitrogen and oxygen atoms in total. The van der Waals surface area contributed by atoms with E-state index in [4.69, 9.17) is 0 Å². The number of hydrogen-bond acceptors (Lipinski definition) is 3. The summed E-state index contributed by atoms with van der Waals surface area (Å²) in [6, 6.07) is 0. The first-order chi connectivity index (χ1) is 6.47. The number of hydrogen-bond donors (Lipinski definition) is 1. The van der Waals surface area contributed by atoms with Gasteiger partial charge in [-0.2, -0.15) is 0 Å². The van der Waals surface area contributed by atoms with Crippen molar-refractivity contribution in [1.29, 1.82) is 0 Å². The molecule has 0 spiro atoms. The average molecular weight is 212 g/mol. The summed E-state index contributed by atoms with van der Waals surface area (Å²) in [5, 5.41) is 5.71. The quantitative estimate of drug-likeness (QED) is 0.834. The Morgan fingerprint density at radius 1 is 1.57 bits per heavy atom. The lowest BCUT2D eigenvalue weighted by molar-refractivity contribution is -0.122. The fourth-order valence-electron chi connectivity index (χ4n) is 1.06. The van der Waals surface area contributed by atoms with Crippen molar-refractivity contribution in [2.24, 2.45) is 5.41 Å². The van der Waals surface area contributed by atoms with E-state index < -0.39 is 0 Å². The van der Waals surface area contributed by atoms with Crippen LogP contribution >= 0.6 is 11.3 Å². The molecule has 14 heavy (non-hydrogen) atoms. The van der Waals surface area contributed by atoms with Gasteiger partial charge in [0.15, 0.2) is 0 Å². The third kappa shape index (κ3) is 4.37. The lowest BCUT2D eigenvalue weighted by Crippen LogP contribution is -2.26. The van der Waals surface area contributed by atoms with Crippen LogP contribution in [0.15, 0.2) is 11.6 Å². The molecule has 0 aliphatic rings. The Kier molecular flexibility index (Phi) is 3.63. The Morgan fingerprint density at radius 3 is 2.79 bits per heavy atom. The molecule has 0 saturated heterocycles. The minimum atomic E-state index is 0.0486. The van der Waals surface area contributed by atoms with Gasteiger partial charge in [-0.1, -0.05) is 20.8 Å². The fraction of sp³-hybridized carbons (Fsp3) is 0.600. The van der Waals surface area contributed by atoms with Gasteiger partial charge in [-0.25, -0.2) is 4.98 Å². The van der Waals surface area contributed by atoms with Gasteiger partial charge in [0, 0.05) is 18.0 Å². The first-order valence-electron chi connectivity index (χ1n) is 4.62. The van der Waals surface area contributed by atoms with Crippen molar-refractivity contribution in [3.63, 3.8) is 0 Å². The van der Waals surface area contributed by atoms with Gasteiger partial charge in [0.1, 0.15) is 5.01 Å². The Balaban J connectivity index is 2.29. The van der Waals surface area contributed by atoms with E-state index in [0.717, 1.165) is 5.01 Å². The van der Waals surface area contributed by atoms with Crippen molar-refractivity contribution >= 4 is 17.2 Å². The minimum Gasteiger partial charge on any atom is -0.350 e. The molecule has 0 saturated carbocycles. The van der Waals surface area contributed by atoms with E-state index in [-0.39, 0.29) is 11.3 Å². The first kappa shape index (κ1) is 11.2. The fourth-order valence-corrected chi connectivity index (χ4v) is 1.61. The summed E-state index contributed by atoms with van der Waals surface area (Å²) in [4.78, 5) is 15.5. The molecule has 1 amide bonds. The molecule has 0 unspecified atom stereocenters. The molecular formula is C10H16N2OS. The number of nitrogens with zero attached hydrogens (tertiary/aromatic N) is 1. The number of nitrogens with one attached hydrogen (secondary N) is 1. The van der Waals surface area contributed by atoms with Crippen molar-refractivity contribution in [2.75, 3.05) is 0 Å². The van der Waals surface area contributed by atoms with Crippen molar-refractivity contribution in [2.45, 2.75) is 33.7 Å². The molecule has 1 rings (SSSR count). The second kappa shape index (κ2) is 4.55. The lowest BCUT2D eigenvalue weighted by Gasteiger charge is -2.16. The molecule has 0 radical (unpaired) electrons. The minimum absolute atomic E-state index is 0.0486. The van der Waals surface area contributed by atoms with Gasteiger partial charge in [-0.3, -0.25) is 4.79 Å². The summed E-state index contributed by atoms with van der Waals surface area (Å²) >= 11 is 1.56. The zero-order valence-corrected chi connectivity index (χ0v) is 9.65. The molecule has 1 heterocycles. The van der Waals surface area contributed by atoms with Gasteiger partial charge in [0.2, 0.25) is 5.91 Å². The number of rotatable bonds is 3. The van der Waals surface area contributed by atoms with Gasteiger partial charge in [-0.05, 0) is 5.41 Å². The van der Waals surface area contributed by atoms with Crippen LogP contribution in [0.5, 0.6) is 0 Å². The van der Waals surface area contributed by atoms with Crippen LogP contribution in [0.4, 0.5) is 0 Å². The zero-order valence-electron chi connectivity index (χ0n) is 8.83. The van der Waals surface area contributed by atoms with Gasteiger partial charge in [-0.15, -0.1) is 11.3 Å². The number of amides is 1. The molecule has 0 atom stereocenters. The van der Waals surface area contributed by atoms with Crippen molar-refractivity contribution in [3.8, 4) is 0 Å². The summed E-state index contributed by atoms with van der Waals surface area (Å²) in [5.41, 5.74) is 0.0486. The highest BCUT2D eigenvalue weighted by molar-refractivity contribution is 7.09. The largest absolute Gasteiger partial charge is 0.350 e. The number of carbonyl (C=O) groups excluding carboxylic acids is 1. The summed E-state index contributed by atoms with van der Waals surface area (Å²) in [7, 11) is 0. The van der Waals surface area contributed by atoms with Crippen LogP contribution in [0, 0.1) is 5.41 Å². The summed E-state index contributed by atoms with van der Waals surface area (Å²) in [6.07, 6.45) is 2.30. The number of carbonyl (C=O) groups is 1. The summed E-state index contributed by atoms with van der Waals surface area (Å²) in [6.45, 7) is 6.70. The molecule has 0 fully saturated rings. The Hall–Kier alpha value is -0.900. The molecule has 0 bridgehead atoms. The third-order valence-corrected chi connectivity index (χ3v) is 2.39. The van der Waals surface area contributed by atoms with Gasteiger partial charge in [0.25, 0.3) is 0 Å². The van der Waals surface area contributed by atoms with Gasteiger partial charge in [0.05, 0.1) is 6.54 Å². The second-order valence-electron chi connectivity index (χ2n) is 4.44. The van der Waals surface area contributed by atoms with E-state index in [1.807, 2.05) is 5.38 Å². The van der Waals surface area contributed by atoms with Crippen LogP contribution in [-0.2, 0) is 11.3 Å². The molecule has 78 valence electrons. The van der Waals surface area contributed by atoms with Crippen LogP contribution in [0.1, 0.15) is 32.2 Å². The van der Waals surface area contributed by atoms with Crippen LogP contribution < -0.4 is 5.32 Å². The number of aromatic nitrogens is 1. The molecule has 4 heteroatoms. The third-order valence-electron chi connectivity index (χ3n) is 1.61. The van der Waals surface area contributed by atoms with Crippen molar-refractivity contribution in [3.05, 3.63) is 16.6 Å². The van der Waals surface area contributed by atoms with E-state index >= 15 is 0 Å². The molecule has 0 aliphatic heterocycles. The predicted molar refractivity (Wildman–Crippen MR) is 58.0 cm³/mol. The van der Waals surface area contributed by atoms with Crippen molar-refractivity contribution < 1.29 is 4.79 Å². The monoisotopic (exact) mass is 212 g/mol. The maximum atomic E-state index is 11.4. The molecule has 0 aromatic carbocycles. The molecular weight excluding hydrogens is 196 g/mol. The Morgan fingerprint density at radius 2 is 2.29 bits per heavy atom. The van der Waals surface area contributed by atoms with Gasteiger partial charge >= 0.3 is 0 Å². The van der Waals surface area contributed by atoms with Crippen LogP contribution in [0.2, 0.25) is 0 Å². The van der Waals surface area contributed by atoms with Crippen LogP contribution in [0.3, 0.4) is 0 Å². The standard InChI is InChI=1S/C10H16N2OS/c1-10(2,3)6-8(13)12-7-9-11-4-5-14-9/h4-5H,6-7H2,1-3H3,(H,12,13). The van der Waals surface area contributed by atoms with E-state index in [2.05, 4.69) is 31.1 Å². The van der Waals surface area contributed by atoms with E-state index in [9.17, 15) is 4.79 Å². The second-order valence-corrected chi connectivity index (χ2v) is 5.42. The topological polar surface area (TPSA) is 42.0 Å². The van der Waals surface area contributed by atoms with E-state index in [0.29, 0.717) is 13.0 Å². The molecule has 1 aromatic heterocycles.